The topological polar surface area (TPSA) is 93.9 Å². The van der Waals surface area contributed by atoms with Gasteiger partial charge in [-0.05, 0) is 34.9 Å². The zero-order valence-corrected chi connectivity index (χ0v) is 13.2. The van der Waals surface area contributed by atoms with Crippen molar-refractivity contribution in [3.8, 4) is 0 Å². The molecule has 0 spiro atoms. The third-order valence-corrected chi connectivity index (χ3v) is 2.41. The molecule has 0 unspecified atom stereocenters. The molecular weight excluding hydrogens is 262 g/mol. The molecule has 0 aliphatic carbocycles. The number of esters is 1. The molecule has 7 heteroatoms. The second kappa shape index (κ2) is 8.06. The zero-order valence-electron chi connectivity index (χ0n) is 13.2. The maximum Gasteiger partial charge on any atom is 0.407 e. The lowest BCUT2D eigenvalue weighted by Gasteiger charge is -2.28. The molecule has 0 saturated carbocycles. The van der Waals surface area contributed by atoms with Crippen LogP contribution in [0.4, 0.5) is 4.79 Å². The predicted molar refractivity (Wildman–Crippen MR) is 76.3 cm³/mol. The Balaban J connectivity index is 4.63. The molecule has 0 aromatic carbocycles. The average molecular weight is 289 g/mol. The number of methoxy groups -OCH3 is 1. The summed E-state index contributed by atoms with van der Waals surface area (Å²) in [6.07, 6.45) is -0.519. The fourth-order valence-corrected chi connectivity index (χ4v) is 1.56. The average Bonchev–Trinajstić information content (AvgIpc) is 2.24. The first-order valence-corrected chi connectivity index (χ1v) is 6.51. The predicted octanol–water partition coefficient (Wildman–Crippen LogP) is 0.332. The van der Waals surface area contributed by atoms with Gasteiger partial charge < -0.3 is 25.4 Å². The highest BCUT2D eigenvalue weighted by Crippen LogP contribution is 2.08. The van der Waals surface area contributed by atoms with Gasteiger partial charge in [-0.1, -0.05) is 0 Å². The van der Waals surface area contributed by atoms with Crippen LogP contribution in [0.1, 0.15) is 27.2 Å². The van der Waals surface area contributed by atoms with Crippen LogP contribution >= 0.6 is 0 Å². The third kappa shape index (κ3) is 8.71. The van der Waals surface area contributed by atoms with Crippen LogP contribution < -0.4 is 11.1 Å². The molecule has 0 aromatic heterocycles. The molecule has 20 heavy (non-hydrogen) atoms. The Kier molecular flexibility index (Phi) is 7.52. The molecule has 0 saturated heterocycles. The van der Waals surface area contributed by atoms with Crippen LogP contribution in [-0.2, 0) is 14.3 Å². The van der Waals surface area contributed by atoms with E-state index in [0.29, 0.717) is 6.54 Å². The maximum atomic E-state index is 11.8. The summed E-state index contributed by atoms with van der Waals surface area (Å²) in [5.41, 5.74) is 5.37. The highest BCUT2D eigenvalue weighted by atomic mass is 16.6. The van der Waals surface area contributed by atoms with E-state index in [1.807, 2.05) is 19.0 Å². The molecule has 7 nitrogen and oxygen atoms in total. The summed E-state index contributed by atoms with van der Waals surface area (Å²) in [6.45, 7) is 5.84. The molecule has 0 aromatic rings. The molecule has 0 bridgehead atoms. The minimum Gasteiger partial charge on any atom is -0.469 e. The van der Waals surface area contributed by atoms with Crippen molar-refractivity contribution in [3.63, 3.8) is 0 Å². The number of nitrogens with two attached hydrogens (primary N) is 1. The number of carbonyl (C=O) groups excluding carboxylic acids is 2. The first-order valence-electron chi connectivity index (χ1n) is 6.51. The lowest BCUT2D eigenvalue weighted by molar-refractivity contribution is -0.141. The molecule has 1 amide bonds. The quantitative estimate of drug-likeness (QED) is 0.684. The van der Waals surface area contributed by atoms with Gasteiger partial charge in [0.2, 0.25) is 0 Å². The van der Waals surface area contributed by atoms with Crippen molar-refractivity contribution in [2.75, 3.05) is 27.7 Å². The largest absolute Gasteiger partial charge is 0.469 e. The van der Waals surface area contributed by atoms with Crippen LogP contribution in [0.25, 0.3) is 0 Å². The summed E-state index contributed by atoms with van der Waals surface area (Å²) < 4.78 is 9.78. The number of rotatable bonds is 6. The SMILES string of the molecule is COC(=O)C[C@@H](N)[C@H](CN(C)C)NC(=O)OC(C)(C)C. The van der Waals surface area contributed by atoms with Crippen LogP contribution in [0.2, 0.25) is 0 Å². The van der Waals surface area contributed by atoms with E-state index < -0.39 is 29.7 Å². The Morgan fingerprint density at radius 1 is 1.30 bits per heavy atom. The number of ether oxygens (including phenoxy) is 2. The van der Waals surface area contributed by atoms with Crippen LogP contribution in [0.5, 0.6) is 0 Å². The first kappa shape index (κ1) is 18.7. The van der Waals surface area contributed by atoms with Crippen molar-refractivity contribution < 1.29 is 19.1 Å². The van der Waals surface area contributed by atoms with Gasteiger partial charge in [-0.3, -0.25) is 4.79 Å². The lowest BCUT2D eigenvalue weighted by Crippen LogP contribution is -2.54. The number of hydrogen-bond acceptors (Lipinski definition) is 6. The van der Waals surface area contributed by atoms with E-state index in [0.717, 1.165) is 0 Å². The van der Waals surface area contributed by atoms with E-state index in [1.54, 1.807) is 20.8 Å². The monoisotopic (exact) mass is 289 g/mol. The number of hydrogen-bond donors (Lipinski definition) is 2. The molecule has 0 radical (unpaired) electrons. The smallest absolute Gasteiger partial charge is 0.407 e. The Labute approximate surface area is 120 Å². The molecule has 0 aliphatic rings. The van der Waals surface area contributed by atoms with Crippen molar-refractivity contribution in [1.29, 1.82) is 0 Å². The van der Waals surface area contributed by atoms with Crippen molar-refractivity contribution >= 4 is 12.1 Å². The van der Waals surface area contributed by atoms with Gasteiger partial charge in [0.25, 0.3) is 0 Å². The minimum atomic E-state index is -0.584. The fraction of sp³-hybridized carbons (Fsp3) is 0.846. The van der Waals surface area contributed by atoms with Crippen molar-refractivity contribution in [2.24, 2.45) is 5.73 Å². The van der Waals surface area contributed by atoms with E-state index in [9.17, 15) is 9.59 Å². The molecule has 3 N–H and O–H groups in total. The van der Waals surface area contributed by atoms with Crippen LogP contribution in [0.3, 0.4) is 0 Å². The van der Waals surface area contributed by atoms with Crippen molar-refractivity contribution in [1.82, 2.24) is 10.2 Å². The standard InChI is InChI=1S/C13H27N3O4/c1-13(2,3)20-12(18)15-10(8-16(4)5)9(14)7-11(17)19-6/h9-10H,7-8,14H2,1-6H3,(H,15,18)/t9-,10+/m1/s1. The van der Waals surface area contributed by atoms with Gasteiger partial charge in [-0.25, -0.2) is 4.79 Å². The highest BCUT2D eigenvalue weighted by molar-refractivity contribution is 5.71. The normalized spacial score (nSPS) is 14.6. The van der Waals surface area contributed by atoms with Crippen LogP contribution in [0, 0.1) is 0 Å². The minimum absolute atomic E-state index is 0.0325. The summed E-state index contributed by atoms with van der Waals surface area (Å²) in [5.74, 6) is -0.410. The third-order valence-electron chi connectivity index (χ3n) is 2.41. The molecule has 0 fully saturated rings. The van der Waals surface area contributed by atoms with Crippen molar-refractivity contribution in [3.05, 3.63) is 0 Å². The summed E-state index contributed by atoms with van der Waals surface area (Å²) in [4.78, 5) is 24.9. The Morgan fingerprint density at radius 2 is 1.85 bits per heavy atom. The van der Waals surface area contributed by atoms with Gasteiger partial charge in [0.15, 0.2) is 0 Å². The zero-order chi connectivity index (χ0) is 15.9. The van der Waals surface area contributed by atoms with Crippen LogP contribution in [-0.4, -0.2) is 62.4 Å². The van der Waals surface area contributed by atoms with E-state index in [-0.39, 0.29) is 6.42 Å². The molecule has 118 valence electrons. The van der Waals surface area contributed by atoms with E-state index >= 15 is 0 Å². The highest BCUT2D eigenvalue weighted by Gasteiger charge is 2.26. The second-order valence-electron chi connectivity index (χ2n) is 5.96. The summed E-state index contributed by atoms with van der Waals surface area (Å²) >= 11 is 0. The first-order chi connectivity index (χ1) is 9.05. The van der Waals surface area contributed by atoms with Gasteiger partial charge in [-0.2, -0.15) is 0 Å². The van der Waals surface area contributed by atoms with Crippen molar-refractivity contribution in [2.45, 2.75) is 44.9 Å². The van der Waals surface area contributed by atoms with Gasteiger partial charge in [0.05, 0.1) is 19.6 Å². The van der Waals surface area contributed by atoms with Gasteiger partial charge in [-0.15, -0.1) is 0 Å². The Morgan fingerprint density at radius 3 is 2.25 bits per heavy atom. The molecule has 0 rings (SSSR count). The summed E-state index contributed by atoms with van der Waals surface area (Å²) in [6, 6.07) is -0.948. The molecule has 0 heterocycles. The fourth-order valence-electron chi connectivity index (χ4n) is 1.56. The molecule has 0 aliphatic heterocycles. The van der Waals surface area contributed by atoms with Gasteiger partial charge in [0.1, 0.15) is 5.60 Å². The Hall–Kier alpha value is -1.34. The summed E-state index contributed by atoms with van der Waals surface area (Å²) in [5, 5.41) is 2.70. The number of amides is 1. The Bertz CT molecular complexity index is 326. The maximum absolute atomic E-state index is 11.8. The van der Waals surface area contributed by atoms with Gasteiger partial charge in [0, 0.05) is 12.6 Å². The number of nitrogens with zero attached hydrogens (tertiary/aromatic N) is 1. The van der Waals surface area contributed by atoms with E-state index in [4.69, 9.17) is 10.5 Å². The van der Waals surface area contributed by atoms with E-state index in [1.165, 1.54) is 7.11 Å². The number of alkyl carbamates (subject to hydrolysis) is 1. The summed E-state index contributed by atoms with van der Waals surface area (Å²) in [7, 11) is 5.01. The lowest BCUT2D eigenvalue weighted by atomic mass is 10.1. The van der Waals surface area contributed by atoms with Crippen LogP contribution in [0.15, 0.2) is 0 Å². The second-order valence-corrected chi connectivity index (χ2v) is 5.96. The number of likely N-dealkylation sites (N-methyl/N-ethyl adjacent to an activating group) is 1. The number of nitrogens with one attached hydrogen (secondary N) is 1. The van der Waals surface area contributed by atoms with Gasteiger partial charge >= 0.3 is 12.1 Å². The number of carbonyl (C=O) groups is 2. The molecular formula is C13H27N3O4. The van der Waals surface area contributed by atoms with E-state index in [2.05, 4.69) is 10.1 Å². The molecule has 2 atom stereocenters.